The van der Waals surface area contributed by atoms with Gasteiger partial charge in [-0.15, -0.1) is 6.58 Å². The summed E-state index contributed by atoms with van der Waals surface area (Å²) < 4.78 is 83.6. The Kier molecular flexibility index (Phi) is 7.76. The van der Waals surface area contributed by atoms with Crippen molar-refractivity contribution in [2.24, 2.45) is 5.73 Å². The maximum Gasteiger partial charge on any atom is 0.416 e. The molecule has 7 nitrogen and oxygen atoms in total. The number of nitrogens with two attached hydrogens (primary N) is 1. The van der Waals surface area contributed by atoms with Gasteiger partial charge < -0.3 is 19.6 Å². The van der Waals surface area contributed by atoms with Crippen LogP contribution in [0.2, 0.25) is 0 Å². The Hall–Kier alpha value is -4.22. The van der Waals surface area contributed by atoms with Crippen molar-refractivity contribution < 1.29 is 45.4 Å². The fraction of sp³-hybridized carbons (Fsp3) is 0.208. The molecule has 36 heavy (non-hydrogen) atoms. The van der Waals surface area contributed by atoms with E-state index in [0.29, 0.717) is 0 Å². The molecule has 2 aromatic carbocycles. The number of esters is 1. The SMILES string of the molecule is C=CCc1oc(C(COC(C)=O)Oc2ccc(F)c(C(N)=O)c2F)nc1-c1ccc(C(F)(F)F)cc1. The number of benzene rings is 2. The van der Waals surface area contributed by atoms with Gasteiger partial charge in [0.05, 0.1) is 5.56 Å². The van der Waals surface area contributed by atoms with Crippen molar-refractivity contribution in [3.05, 3.63) is 83.5 Å². The average Bonchev–Trinajstić information content (AvgIpc) is 3.21. The van der Waals surface area contributed by atoms with Crippen LogP contribution in [-0.4, -0.2) is 23.5 Å². The van der Waals surface area contributed by atoms with Crippen molar-refractivity contribution in [3.63, 3.8) is 0 Å². The highest BCUT2D eigenvalue weighted by molar-refractivity contribution is 5.93. The molecule has 0 spiro atoms. The van der Waals surface area contributed by atoms with E-state index in [4.69, 9.17) is 19.6 Å². The Morgan fingerprint density at radius 2 is 1.83 bits per heavy atom. The van der Waals surface area contributed by atoms with Gasteiger partial charge in [0.25, 0.3) is 5.91 Å². The molecule has 0 saturated heterocycles. The molecule has 3 aromatic rings. The highest BCUT2D eigenvalue weighted by atomic mass is 19.4. The minimum Gasteiger partial charge on any atom is -0.474 e. The van der Waals surface area contributed by atoms with Crippen LogP contribution in [0.3, 0.4) is 0 Å². The lowest BCUT2D eigenvalue weighted by molar-refractivity contribution is -0.144. The van der Waals surface area contributed by atoms with E-state index in [0.717, 1.165) is 31.2 Å². The second kappa shape index (κ2) is 10.6. The molecule has 3 rings (SSSR count). The number of aromatic nitrogens is 1. The number of carbonyl (C=O) groups is 2. The molecule has 0 aliphatic carbocycles. The number of primary amides is 1. The second-order valence-electron chi connectivity index (χ2n) is 7.40. The molecule has 1 atom stereocenters. The van der Waals surface area contributed by atoms with E-state index >= 15 is 0 Å². The zero-order valence-corrected chi connectivity index (χ0v) is 18.7. The number of hydrogen-bond acceptors (Lipinski definition) is 6. The van der Waals surface area contributed by atoms with Crippen LogP contribution in [0.25, 0.3) is 11.3 Å². The summed E-state index contributed by atoms with van der Waals surface area (Å²) in [5.74, 6) is -5.35. The van der Waals surface area contributed by atoms with Gasteiger partial charge in [-0.05, 0) is 24.3 Å². The standard InChI is InChI=1S/C24H19F5N2O5/c1-3-4-17-21(13-5-7-14(8-6-13)24(27,28)29)31-23(36-17)18(11-34-12(2)32)35-16-10-9-15(25)19(20(16)26)22(30)33/h3,5-10,18H,1,4,11H2,2H3,(H2,30,33). The molecule has 0 saturated carbocycles. The van der Waals surface area contributed by atoms with Crippen molar-refractivity contribution in [3.8, 4) is 17.0 Å². The smallest absolute Gasteiger partial charge is 0.416 e. The van der Waals surface area contributed by atoms with Gasteiger partial charge in [-0.2, -0.15) is 13.2 Å². The van der Waals surface area contributed by atoms with Crippen molar-refractivity contribution in [2.75, 3.05) is 6.61 Å². The van der Waals surface area contributed by atoms with Crippen LogP contribution in [0.5, 0.6) is 5.75 Å². The highest BCUT2D eigenvalue weighted by Crippen LogP contribution is 2.34. The van der Waals surface area contributed by atoms with Gasteiger partial charge in [-0.3, -0.25) is 9.59 Å². The van der Waals surface area contributed by atoms with Crippen LogP contribution >= 0.6 is 0 Å². The normalized spacial score (nSPS) is 12.2. The lowest BCUT2D eigenvalue weighted by Crippen LogP contribution is -2.20. The van der Waals surface area contributed by atoms with Crippen LogP contribution in [0.4, 0.5) is 22.0 Å². The topological polar surface area (TPSA) is 105 Å². The number of carbonyl (C=O) groups excluding carboxylic acids is 2. The summed E-state index contributed by atoms with van der Waals surface area (Å²) >= 11 is 0. The second-order valence-corrected chi connectivity index (χ2v) is 7.40. The summed E-state index contributed by atoms with van der Waals surface area (Å²) in [6.07, 6.45) is -4.36. The predicted molar refractivity (Wildman–Crippen MR) is 116 cm³/mol. The van der Waals surface area contributed by atoms with Gasteiger partial charge in [-0.1, -0.05) is 18.2 Å². The molecule has 1 amide bonds. The molecule has 1 unspecified atom stereocenters. The molecular weight excluding hydrogens is 491 g/mol. The van der Waals surface area contributed by atoms with Gasteiger partial charge in [-0.25, -0.2) is 13.8 Å². The fourth-order valence-corrected chi connectivity index (χ4v) is 3.17. The molecule has 0 aliphatic heterocycles. The minimum atomic E-state index is -4.54. The van der Waals surface area contributed by atoms with Crippen LogP contribution in [0, 0.1) is 11.6 Å². The molecule has 1 aromatic heterocycles. The number of ether oxygens (including phenoxy) is 2. The van der Waals surface area contributed by atoms with Crippen molar-refractivity contribution >= 4 is 11.9 Å². The maximum atomic E-state index is 14.7. The molecule has 190 valence electrons. The summed E-state index contributed by atoms with van der Waals surface area (Å²) in [6.45, 7) is 4.17. The summed E-state index contributed by atoms with van der Waals surface area (Å²) in [5.41, 5.74) is 3.54. The van der Waals surface area contributed by atoms with Gasteiger partial charge in [0, 0.05) is 18.9 Å². The van der Waals surface area contributed by atoms with Crippen LogP contribution in [-0.2, 0) is 22.1 Å². The first-order valence-electron chi connectivity index (χ1n) is 10.3. The van der Waals surface area contributed by atoms with E-state index in [1.807, 2.05) is 0 Å². The number of amides is 1. The van der Waals surface area contributed by atoms with E-state index in [-0.39, 0.29) is 29.3 Å². The zero-order chi connectivity index (χ0) is 26.6. The third kappa shape index (κ3) is 5.88. The summed E-state index contributed by atoms with van der Waals surface area (Å²) in [6, 6.07) is 5.77. The number of alkyl halides is 3. The molecule has 0 bridgehead atoms. The van der Waals surface area contributed by atoms with E-state index in [9.17, 15) is 31.5 Å². The number of nitrogens with zero attached hydrogens (tertiary/aromatic N) is 1. The lowest BCUT2D eigenvalue weighted by Gasteiger charge is -2.17. The van der Waals surface area contributed by atoms with Crippen molar-refractivity contribution in [2.45, 2.75) is 25.6 Å². The monoisotopic (exact) mass is 510 g/mol. The Labute approximate surface area is 201 Å². The number of oxazole rings is 1. The van der Waals surface area contributed by atoms with Gasteiger partial charge in [0.1, 0.15) is 29.4 Å². The third-order valence-electron chi connectivity index (χ3n) is 4.81. The highest BCUT2D eigenvalue weighted by Gasteiger charge is 2.31. The van der Waals surface area contributed by atoms with E-state index in [1.54, 1.807) is 0 Å². The third-order valence-corrected chi connectivity index (χ3v) is 4.81. The van der Waals surface area contributed by atoms with Gasteiger partial charge in [0.15, 0.2) is 11.6 Å². The average molecular weight is 510 g/mol. The van der Waals surface area contributed by atoms with Crippen LogP contribution < -0.4 is 10.5 Å². The van der Waals surface area contributed by atoms with Crippen LogP contribution in [0.15, 0.2) is 53.5 Å². The molecule has 1 heterocycles. The van der Waals surface area contributed by atoms with Gasteiger partial charge in [0.2, 0.25) is 12.0 Å². The Morgan fingerprint density at radius 3 is 2.39 bits per heavy atom. The zero-order valence-electron chi connectivity index (χ0n) is 18.7. The van der Waals surface area contributed by atoms with E-state index in [2.05, 4.69) is 11.6 Å². The summed E-state index contributed by atoms with van der Waals surface area (Å²) in [4.78, 5) is 27.1. The van der Waals surface area contributed by atoms with Gasteiger partial charge >= 0.3 is 12.1 Å². The van der Waals surface area contributed by atoms with E-state index in [1.165, 1.54) is 18.2 Å². The summed E-state index contributed by atoms with van der Waals surface area (Å²) in [7, 11) is 0. The molecule has 0 aliphatic rings. The van der Waals surface area contributed by atoms with Crippen molar-refractivity contribution in [1.82, 2.24) is 4.98 Å². The molecule has 0 fully saturated rings. The van der Waals surface area contributed by atoms with Crippen LogP contribution in [0.1, 0.15) is 40.6 Å². The first kappa shape index (κ1) is 26.4. The Morgan fingerprint density at radius 1 is 1.17 bits per heavy atom. The molecule has 2 N–H and O–H groups in total. The minimum absolute atomic E-state index is 0.111. The first-order chi connectivity index (χ1) is 16.9. The lowest BCUT2D eigenvalue weighted by atomic mass is 10.1. The van der Waals surface area contributed by atoms with Crippen molar-refractivity contribution in [1.29, 1.82) is 0 Å². The van der Waals surface area contributed by atoms with E-state index < -0.39 is 59.3 Å². The first-order valence-corrected chi connectivity index (χ1v) is 10.3. The Balaban J connectivity index is 2.04. The Bertz CT molecular complexity index is 1290. The molecule has 0 radical (unpaired) electrons. The fourth-order valence-electron chi connectivity index (χ4n) is 3.17. The summed E-state index contributed by atoms with van der Waals surface area (Å²) in [5, 5.41) is 0. The number of hydrogen-bond donors (Lipinski definition) is 1. The number of rotatable bonds is 9. The largest absolute Gasteiger partial charge is 0.474 e. The quantitative estimate of drug-likeness (QED) is 0.243. The molecular formula is C24H19F5N2O5. The molecule has 12 heteroatoms. The maximum absolute atomic E-state index is 14.7. The number of halogens is 5. The predicted octanol–water partition coefficient (Wildman–Crippen LogP) is 5.15. The number of allylic oxidation sites excluding steroid dienone is 1.